The van der Waals surface area contributed by atoms with Gasteiger partial charge in [0.25, 0.3) is 0 Å². The Balaban J connectivity index is 1.17. The van der Waals surface area contributed by atoms with Crippen LogP contribution in [0.1, 0.15) is 0 Å². The van der Waals surface area contributed by atoms with Crippen LogP contribution < -0.4 is 4.74 Å². The summed E-state index contributed by atoms with van der Waals surface area (Å²) in [5, 5.41) is 11.6. The summed E-state index contributed by atoms with van der Waals surface area (Å²) >= 11 is 0. The number of hydrogen-bond donors (Lipinski definition) is 0. The van der Waals surface area contributed by atoms with E-state index in [-0.39, 0.29) is 0 Å². The molecule has 2 heterocycles. The van der Waals surface area contributed by atoms with Crippen molar-refractivity contribution in [1.82, 2.24) is 15.0 Å². The van der Waals surface area contributed by atoms with Crippen LogP contribution in [0.4, 0.5) is 0 Å². The van der Waals surface area contributed by atoms with Crippen molar-refractivity contribution < 1.29 is 4.74 Å². The van der Waals surface area contributed by atoms with E-state index < -0.39 is 0 Å². The summed E-state index contributed by atoms with van der Waals surface area (Å²) in [5.41, 5.74) is 5.08. The fourth-order valence-corrected chi connectivity index (χ4v) is 7.95. The minimum atomic E-state index is 0.571. The van der Waals surface area contributed by atoms with Crippen LogP contribution >= 0.6 is 0 Å². The molecule has 1 aliphatic rings. The van der Waals surface area contributed by atoms with Gasteiger partial charge in [-0.15, -0.1) is 0 Å². The van der Waals surface area contributed by atoms with Gasteiger partial charge in [0.15, 0.2) is 17.5 Å². The lowest BCUT2D eigenvalue weighted by Crippen LogP contribution is -2.03. The molecule has 0 bridgehead atoms. The molecule has 0 fully saturated rings. The summed E-state index contributed by atoms with van der Waals surface area (Å²) in [5.74, 6) is 3.42. The van der Waals surface area contributed by atoms with Gasteiger partial charge >= 0.3 is 0 Å². The Labute approximate surface area is 293 Å². The van der Waals surface area contributed by atoms with Crippen LogP contribution in [-0.2, 0) is 0 Å². The Morgan fingerprint density at radius 1 is 0.314 bits per heavy atom. The van der Waals surface area contributed by atoms with Gasteiger partial charge in [-0.05, 0) is 61.0 Å². The average molecular weight is 650 g/mol. The van der Waals surface area contributed by atoms with Crippen LogP contribution in [0.25, 0.3) is 99.2 Å². The van der Waals surface area contributed by atoms with E-state index in [0.29, 0.717) is 17.5 Å². The first kappa shape index (κ1) is 28.0. The second-order valence-electron chi connectivity index (χ2n) is 13.1. The topological polar surface area (TPSA) is 47.9 Å². The van der Waals surface area contributed by atoms with Crippen LogP contribution in [0.3, 0.4) is 0 Å². The molecule has 0 saturated carbocycles. The smallest absolute Gasteiger partial charge is 0.167 e. The fraction of sp³-hybridized carbons (Fsp3) is 0. The van der Waals surface area contributed by atoms with Gasteiger partial charge in [-0.3, -0.25) is 0 Å². The number of fused-ring (bicyclic) bond motifs is 2. The largest absolute Gasteiger partial charge is 0.455 e. The highest BCUT2D eigenvalue weighted by molar-refractivity contribution is 6.26. The minimum Gasteiger partial charge on any atom is -0.455 e. The molecule has 51 heavy (non-hydrogen) atoms. The molecule has 0 radical (unpaired) electrons. The Hall–Kier alpha value is -6.91. The van der Waals surface area contributed by atoms with Crippen LogP contribution in [-0.4, -0.2) is 15.0 Å². The zero-order valence-electron chi connectivity index (χ0n) is 27.3. The molecule has 0 saturated heterocycles. The molecule has 0 atom stereocenters. The van der Waals surface area contributed by atoms with Gasteiger partial charge in [-0.2, -0.15) is 0 Å². The molecule has 0 aliphatic carbocycles. The van der Waals surface area contributed by atoms with E-state index in [9.17, 15) is 0 Å². The lowest BCUT2D eigenvalue weighted by Gasteiger charge is -2.22. The lowest BCUT2D eigenvalue weighted by atomic mass is 9.92. The van der Waals surface area contributed by atoms with Crippen molar-refractivity contribution in [3.8, 4) is 56.8 Å². The second-order valence-corrected chi connectivity index (χ2v) is 13.1. The molecular weight excluding hydrogens is 623 g/mol. The van der Waals surface area contributed by atoms with Gasteiger partial charge in [-0.1, -0.05) is 152 Å². The first-order chi connectivity index (χ1) is 25.3. The number of rotatable bonds is 4. The third-order valence-electron chi connectivity index (χ3n) is 10.3. The molecule has 0 unspecified atom stereocenters. The van der Waals surface area contributed by atoms with Crippen LogP contribution in [0.2, 0.25) is 0 Å². The van der Waals surface area contributed by atoms with Gasteiger partial charge in [0.1, 0.15) is 11.5 Å². The first-order valence-electron chi connectivity index (χ1n) is 17.2. The van der Waals surface area contributed by atoms with Crippen LogP contribution in [0.5, 0.6) is 11.5 Å². The quantitative estimate of drug-likeness (QED) is 0.178. The van der Waals surface area contributed by atoms with Gasteiger partial charge in [0.05, 0.1) is 5.56 Å². The van der Waals surface area contributed by atoms with Gasteiger partial charge in [0, 0.05) is 27.3 Å². The maximum atomic E-state index is 6.83. The maximum absolute atomic E-state index is 6.83. The summed E-state index contributed by atoms with van der Waals surface area (Å²) in [6, 6.07) is 57.4. The van der Waals surface area contributed by atoms with Crippen LogP contribution in [0, 0.1) is 0 Å². The van der Waals surface area contributed by atoms with E-state index in [1.54, 1.807) is 0 Å². The molecular formula is C47H27N3O. The summed E-state index contributed by atoms with van der Waals surface area (Å²) in [6.07, 6.45) is 0. The summed E-state index contributed by atoms with van der Waals surface area (Å²) in [7, 11) is 0. The zero-order chi connectivity index (χ0) is 33.5. The molecule has 0 amide bonds. The predicted octanol–water partition coefficient (Wildman–Crippen LogP) is 12.4. The van der Waals surface area contributed by atoms with Gasteiger partial charge in [-0.25, -0.2) is 15.0 Å². The van der Waals surface area contributed by atoms with E-state index in [2.05, 4.69) is 133 Å². The van der Waals surface area contributed by atoms with E-state index in [4.69, 9.17) is 19.7 Å². The molecule has 0 N–H and O–H groups in total. The standard InChI is InChI=1S/C47H27N3O/c1-2-11-32(12-3-1)45-48-46(38-20-9-18-36-35(17-8-19-37(36)38)34-16-6-13-28-10-4-5-15-33(28)34)50-47(49-45)39-27-26-31-25-24-30-23-22-29-14-7-21-40-41(29)42(30)43(31)44(39)51-40/h1-27H. The normalized spacial score (nSPS) is 12.1. The van der Waals surface area contributed by atoms with Crippen molar-refractivity contribution in [2.24, 2.45) is 0 Å². The Morgan fingerprint density at radius 2 is 0.843 bits per heavy atom. The van der Waals surface area contributed by atoms with Crippen LogP contribution in [0.15, 0.2) is 164 Å². The van der Waals surface area contributed by atoms with Crippen molar-refractivity contribution >= 4 is 53.9 Å². The average Bonchev–Trinajstić information content (AvgIpc) is 3.20. The Kier molecular flexibility index (Phi) is 5.92. The second kappa shape index (κ2) is 10.8. The van der Waals surface area contributed by atoms with E-state index in [1.807, 2.05) is 30.3 Å². The molecule has 4 heteroatoms. The fourth-order valence-electron chi connectivity index (χ4n) is 7.95. The predicted molar refractivity (Wildman–Crippen MR) is 209 cm³/mol. The highest BCUT2D eigenvalue weighted by atomic mass is 16.5. The minimum absolute atomic E-state index is 0.571. The Bertz CT molecular complexity index is 3050. The number of aromatic nitrogens is 3. The number of ether oxygens (including phenoxy) is 1. The zero-order valence-corrected chi connectivity index (χ0v) is 27.3. The molecule has 11 rings (SSSR count). The number of hydrogen-bond acceptors (Lipinski definition) is 4. The summed E-state index contributed by atoms with van der Waals surface area (Å²) < 4.78 is 6.83. The van der Waals surface area contributed by atoms with E-state index in [1.165, 1.54) is 32.7 Å². The monoisotopic (exact) mass is 649 g/mol. The summed E-state index contributed by atoms with van der Waals surface area (Å²) in [4.78, 5) is 15.6. The van der Waals surface area contributed by atoms with E-state index in [0.717, 1.165) is 60.5 Å². The van der Waals surface area contributed by atoms with Gasteiger partial charge < -0.3 is 4.74 Å². The van der Waals surface area contributed by atoms with Crippen molar-refractivity contribution in [2.75, 3.05) is 0 Å². The molecule has 4 nitrogen and oxygen atoms in total. The van der Waals surface area contributed by atoms with Gasteiger partial charge in [0.2, 0.25) is 0 Å². The number of benzene rings is 9. The number of nitrogens with zero attached hydrogens (tertiary/aromatic N) is 3. The SMILES string of the molecule is c1ccc(-c2nc(-c3ccc4ccc5ccc6cccc7c6c5c4c3O7)nc(-c3cccc4c(-c5cccc6ccccc56)cccc34)n2)cc1. The maximum Gasteiger partial charge on any atom is 0.167 e. The highest BCUT2D eigenvalue weighted by Gasteiger charge is 2.25. The molecule has 1 aromatic heterocycles. The van der Waals surface area contributed by atoms with Crippen molar-refractivity contribution in [1.29, 1.82) is 0 Å². The molecule has 1 aliphatic heterocycles. The molecule has 9 aromatic carbocycles. The third kappa shape index (κ3) is 4.23. The van der Waals surface area contributed by atoms with Crippen molar-refractivity contribution in [3.05, 3.63) is 164 Å². The summed E-state index contributed by atoms with van der Waals surface area (Å²) in [6.45, 7) is 0. The third-order valence-corrected chi connectivity index (χ3v) is 10.3. The van der Waals surface area contributed by atoms with Crippen molar-refractivity contribution in [2.45, 2.75) is 0 Å². The Morgan fingerprint density at radius 3 is 1.67 bits per heavy atom. The van der Waals surface area contributed by atoms with E-state index >= 15 is 0 Å². The molecule has 10 aromatic rings. The lowest BCUT2D eigenvalue weighted by molar-refractivity contribution is 0.494. The highest BCUT2D eigenvalue weighted by Crippen LogP contribution is 2.50. The molecule has 236 valence electrons. The first-order valence-corrected chi connectivity index (χ1v) is 17.2. The molecule has 0 spiro atoms. The van der Waals surface area contributed by atoms with Crippen molar-refractivity contribution in [3.63, 3.8) is 0 Å².